The van der Waals surface area contributed by atoms with Gasteiger partial charge in [-0.3, -0.25) is 4.90 Å². The van der Waals surface area contributed by atoms with Crippen molar-refractivity contribution in [2.24, 2.45) is 0 Å². The topological polar surface area (TPSA) is 15.3 Å². The molecule has 3 heteroatoms. The summed E-state index contributed by atoms with van der Waals surface area (Å²) in [5.74, 6) is 0. The summed E-state index contributed by atoms with van der Waals surface area (Å²) < 4.78 is 0. The van der Waals surface area contributed by atoms with Crippen LogP contribution < -0.4 is 5.32 Å². The standard InChI is InChI=1S/C16H20N2S/c1-13-5-2-3-6-14(13)16(15-7-4-12-19-15)18-10-8-17-9-11-18/h2-7,12,16-17H,8-11H2,1H3/t16-/m0/s1. The molecule has 2 aromatic rings. The van der Waals surface area contributed by atoms with Crippen LogP contribution in [0.2, 0.25) is 0 Å². The maximum Gasteiger partial charge on any atom is 0.0699 e. The molecule has 19 heavy (non-hydrogen) atoms. The van der Waals surface area contributed by atoms with E-state index in [2.05, 4.69) is 58.9 Å². The van der Waals surface area contributed by atoms with Gasteiger partial charge in [-0.15, -0.1) is 11.3 Å². The molecule has 1 N–H and O–H groups in total. The second-order valence-corrected chi connectivity index (χ2v) is 6.04. The summed E-state index contributed by atoms with van der Waals surface area (Å²) in [7, 11) is 0. The fourth-order valence-electron chi connectivity index (χ4n) is 2.81. The van der Waals surface area contributed by atoms with Crippen LogP contribution in [0.15, 0.2) is 41.8 Å². The highest BCUT2D eigenvalue weighted by Gasteiger charge is 2.25. The smallest absolute Gasteiger partial charge is 0.0699 e. The quantitative estimate of drug-likeness (QED) is 0.924. The average Bonchev–Trinajstić information content (AvgIpc) is 2.96. The van der Waals surface area contributed by atoms with Gasteiger partial charge in [0.05, 0.1) is 6.04 Å². The van der Waals surface area contributed by atoms with E-state index >= 15 is 0 Å². The summed E-state index contributed by atoms with van der Waals surface area (Å²) in [6.45, 7) is 6.65. The number of benzene rings is 1. The van der Waals surface area contributed by atoms with E-state index in [4.69, 9.17) is 0 Å². The van der Waals surface area contributed by atoms with Crippen LogP contribution >= 0.6 is 11.3 Å². The van der Waals surface area contributed by atoms with E-state index in [9.17, 15) is 0 Å². The molecule has 3 rings (SSSR count). The van der Waals surface area contributed by atoms with Crippen LogP contribution in [0.1, 0.15) is 22.0 Å². The molecule has 0 bridgehead atoms. The molecule has 1 fully saturated rings. The van der Waals surface area contributed by atoms with Gasteiger partial charge in [0, 0.05) is 31.1 Å². The van der Waals surface area contributed by atoms with Gasteiger partial charge in [0.15, 0.2) is 0 Å². The van der Waals surface area contributed by atoms with Crippen molar-refractivity contribution in [2.45, 2.75) is 13.0 Å². The van der Waals surface area contributed by atoms with Gasteiger partial charge in [0.25, 0.3) is 0 Å². The fraction of sp³-hybridized carbons (Fsp3) is 0.375. The van der Waals surface area contributed by atoms with Crippen molar-refractivity contribution >= 4 is 11.3 Å². The molecule has 1 aliphatic heterocycles. The van der Waals surface area contributed by atoms with Crippen molar-refractivity contribution in [2.75, 3.05) is 26.2 Å². The Morgan fingerprint density at radius 3 is 2.58 bits per heavy atom. The minimum absolute atomic E-state index is 0.420. The van der Waals surface area contributed by atoms with Crippen LogP contribution in [0, 0.1) is 6.92 Å². The number of nitrogens with zero attached hydrogens (tertiary/aromatic N) is 1. The highest BCUT2D eigenvalue weighted by molar-refractivity contribution is 7.10. The van der Waals surface area contributed by atoms with E-state index in [1.54, 1.807) is 0 Å². The Morgan fingerprint density at radius 1 is 1.11 bits per heavy atom. The average molecular weight is 272 g/mol. The molecule has 0 spiro atoms. The van der Waals surface area contributed by atoms with Crippen LogP contribution in [0.5, 0.6) is 0 Å². The summed E-state index contributed by atoms with van der Waals surface area (Å²) >= 11 is 1.87. The third kappa shape index (κ3) is 2.73. The lowest BCUT2D eigenvalue weighted by Crippen LogP contribution is -2.45. The molecule has 1 saturated heterocycles. The minimum Gasteiger partial charge on any atom is -0.314 e. The summed E-state index contributed by atoms with van der Waals surface area (Å²) in [5.41, 5.74) is 2.84. The highest BCUT2D eigenvalue weighted by atomic mass is 32.1. The molecular weight excluding hydrogens is 252 g/mol. The zero-order valence-electron chi connectivity index (χ0n) is 11.3. The van der Waals surface area contributed by atoms with E-state index in [1.807, 2.05) is 11.3 Å². The lowest BCUT2D eigenvalue weighted by molar-refractivity contribution is 0.200. The second-order valence-electron chi connectivity index (χ2n) is 5.06. The maximum atomic E-state index is 3.44. The molecule has 0 aliphatic carbocycles. The third-order valence-corrected chi connectivity index (χ3v) is 4.74. The van der Waals surface area contributed by atoms with Crippen LogP contribution in [0.3, 0.4) is 0 Å². The Hall–Kier alpha value is -1.16. The van der Waals surface area contributed by atoms with Gasteiger partial charge in [-0.05, 0) is 29.5 Å². The Kier molecular flexibility index (Phi) is 3.97. The number of hydrogen-bond donors (Lipinski definition) is 1. The van der Waals surface area contributed by atoms with Gasteiger partial charge in [-0.1, -0.05) is 30.3 Å². The Balaban J connectivity index is 1.99. The largest absolute Gasteiger partial charge is 0.314 e. The predicted octanol–water partition coefficient (Wildman–Crippen LogP) is 3.05. The molecule has 1 aromatic heterocycles. The van der Waals surface area contributed by atoms with Crippen LogP contribution in [0.4, 0.5) is 0 Å². The Morgan fingerprint density at radius 2 is 1.89 bits per heavy atom. The number of piperazine rings is 1. The van der Waals surface area contributed by atoms with Gasteiger partial charge < -0.3 is 5.32 Å². The van der Waals surface area contributed by atoms with Crippen molar-refractivity contribution in [3.63, 3.8) is 0 Å². The predicted molar refractivity (Wildman–Crippen MR) is 81.8 cm³/mol. The van der Waals surface area contributed by atoms with E-state index in [-0.39, 0.29) is 0 Å². The van der Waals surface area contributed by atoms with E-state index in [0.29, 0.717) is 6.04 Å². The Bertz CT molecular complexity index is 515. The highest BCUT2D eigenvalue weighted by Crippen LogP contribution is 2.33. The van der Waals surface area contributed by atoms with Crippen molar-refractivity contribution in [3.05, 3.63) is 57.8 Å². The molecule has 1 aliphatic rings. The zero-order chi connectivity index (χ0) is 13.1. The Labute approximate surface area is 119 Å². The normalized spacial score (nSPS) is 18.4. The van der Waals surface area contributed by atoms with Gasteiger partial charge in [-0.2, -0.15) is 0 Å². The van der Waals surface area contributed by atoms with Crippen molar-refractivity contribution in [3.8, 4) is 0 Å². The molecular formula is C16H20N2S. The SMILES string of the molecule is Cc1ccccc1[C@@H](c1cccs1)N1CCNCC1. The maximum absolute atomic E-state index is 3.44. The van der Waals surface area contributed by atoms with Crippen LogP contribution in [-0.4, -0.2) is 31.1 Å². The van der Waals surface area contributed by atoms with E-state index < -0.39 is 0 Å². The second kappa shape index (κ2) is 5.87. The number of thiophene rings is 1. The van der Waals surface area contributed by atoms with E-state index in [0.717, 1.165) is 26.2 Å². The monoisotopic (exact) mass is 272 g/mol. The molecule has 0 radical (unpaired) electrons. The number of nitrogens with one attached hydrogen (secondary N) is 1. The van der Waals surface area contributed by atoms with Crippen LogP contribution in [0.25, 0.3) is 0 Å². The van der Waals surface area contributed by atoms with Gasteiger partial charge in [0.2, 0.25) is 0 Å². The van der Waals surface area contributed by atoms with Crippen molar-refractivity contribution < 1.29 is 0 Å². The molecule has 0 amide bonds. The molecule has 1 aromatic carbocycles. The first kappa shape index (κ1) is 12.9. The number of rotatable bonds is 3. The van der Waals surface area contributed by atoms with Crippen LogP contribution in [-0.2, 0) is 0 Å². The third-order valence-electron chi connectivity index (χ3n) is 3.81. The first-order valence-corrected chi connectivity index (χ1v) is 7.78. The molecule has 100 valence electrons. The molecule has 2 nitrogen and oxygen atoms in total. The lowest BCUT2D eigenvalue weighted by atomic mass is 9.98. The summed E-state index contributed by atoms with van der Waals surface area (Å²) in [6, 6.07) is 13.6. The van der Waals surface area contributed by atoms with E-state index in [1.165, 1.54) is 16.0 Å². The van der Waals surface area contributed by atoms with Crippen molar-refractivity contribution in [1.82, 2.24) is 10.2 Å². The molecule has 1 atom stereocenters. The summed E-state index contributed by atoms with van der Waals surface area (Å²) in [4.78, 5) is 4.06. The molecule has 0 unspecified atom stereocenters. The molecule has 0 saturated carbocycles. The van der Waals surface area contributed by atoms with Gasteiger partial charge in [-0.25, -0.2) is 0 Å². The minimum atomic E-state index is 0.420. The zero-order valence-corrected chi connectivity index (χ0v) is 12.1. The number of aryl methyl sites for hydroxylation is 1. The van der Waals surface area contributed by atoms with Crippen molar-refractivity contribution in [1.29, 1.82) is 0 Å². The first-order chi connectivity index (χ1) is 9.36. The summed E-state index contributed by atoms with van der Waals surface area (Å²) in [6.07, 6.45) is 0. The van der Waals surface area contributed by atoms with Gasteiger partial charge in [0.1, 0.15) is 0 Å². The van der Waals surface area contributed by atoms with Gasteiger partial charge >= 0.3 is 0 Å². The lowest BCUT2D eigenvalue weighted by Gasteiger charge is -2.35. The first-order valence-electron chi connectivity index (χ1n) is 6.90. The number of hydrogen-bond acceptors (Lipinski definition) is 3. The summed E-state index contributed by atoms with van der Waals surface area (Å²) in [5, 5.41) is 5.63. The molecule has 2 heterocycles. The fourth-order valence-corrected chi connectivity index (χ4v) is 3.69.